The van der Waals surface area contributed by atoms with Gasteiger partial charge in [0.15, 0.2) is 0 Å². The maximum atomic E-state index is 4.60. The summed E-state index contributed by atoms with van der Waals surface area (Å²) < 4.78 is 0. The third-order valence-corrected chi connectivity index (χ3v) is 3.92. The molecule has 1 aromatic heterocycles. The van der Waals surface area contributed by atoms with Crippen LogP contribution in [0.2, 0.25) is 0 Å². The lowest BCUT2D eigenvalue weighted by molar-refractivity contribution is 0.764. The fourth-order valence-electron chi connectivity index (χ4n) is 2.51. The van der Waals surface area contributed by atoms with Gasteiger partial charge in [-0.2, -0.15) is 0 Å². The summed E-state index contributed by atoms with van der Waals surface area (Å²) in [4.78, 5) is 4.60. The third kappa shape index (κ3) is 3.11. The summed E-state index contributed by atoms with van der Waals surface area (Å²) in [7, 11) is 2.23. The Bertz CT molecular complexity index is 738. The average molecular weight is 285 g/mol. The lowest BCUT2D eigenvalue weighted by Crippen LogP contribution is -2.16. The first-order chi connectivity index (χ1) is 10.5. The van der Waals surface area contributed by atoms with E-state index in [9.17, 15) is 0 Å². The molecule has 108 valence electrons. The molecule has 3 rings (SSSR count). The molecule has 1 heterocycles. The van der Waals surface area contributed by atoms with Gasteiger partial charge in [0.2, 0.25) is 0 Å². The Kier molecular flexibility index (Phi) is 3.85. The molecule has 0 fully saturated rings. The van der Waals surface area contributed by atoms with Crippen LogP contribution in [0.5, 0.6) is 0 Å². The minimum absolute atomic E-state index is 0.188. The molecule has 0 unspecified atom stereocenters. The van der Waals surface area contributed by atoms with Crippen molar-refractivity contribution in [2.24, 2.45) is 0 Å². The highest BCUT2D eigenvalue weighted by Crippen LogP contribution is 2.25. The number of hydrogen-bond acceptors (Lipinski definition) is 1. The SMILES string of the molecule is BC(C)(C)c1ccc(-c2ccc(-c3ccccc3)nc2)cc1. The molecule has 0 aliphatic rings. The second-order valence-electron chi connectivity index (χ2n) is 6.63. The van der Waals surface area contributed by atoms with E-state index in [1.807, 2.05) is 24.4 Å². The van der Waals surface area contributed by atoms with Gasteiger partial charge in [-0.3, -0.25) is 4.98 Å². The number of hydrogen-bond donors (Lipinski definition) is 0. The van der Waals surface area contributed by atoms with E-state index in [-0.39, 0.29) is 5.31 Å². The van der Waals surface area contributed by atoms with E-state index in [1.54, 1.807) is 0 Å². The van der Waals surface area contributed by atoms with Crippen molar-refractivity contribution in [1.82, 2.24) is 4.98 Å². The summed E-state index contributed by atoms with van der Waals surface area (Å²) in [5.41, 5.74) is 5.87. The molecule has 0 radical (unpaired) electrons. The molecule has 1 nitrogen and oxygen atoms in total. The van der Waals surface area contributed by atoms with E-state index in [0.717, 1.165) is 16.8 Å². The highest BCUT2D eigenvalue weighted by Gasteiger charge is 2.13. The van der Waals surface area contributed by atoms with Crippen LogP contribution < -0.4 is 0 Å². The Morgan fingerprint density at radius 1 is 0.727 bits per heavy atom. The van der Waals surface area contributed by atoms with Gasteiger partial charge in [0.25, 0.3) is 0 Å². The van der Waals surface area contributed by atoms with E-state index in [2.05, 4.69) is 75.2 Å². The van der Waals surface area contributed by atoms with Crippen LogP contribution >= 0.6 is 0 Å². The van der Waals surface area contributed by atoms with Crippen molar-refractivity contribution in [3.63, 3.8) is 0 Å². The van der Waals surface area contributed by atoms with Gasteiger partial charge in [-0.25, -0.2) is 0 Å². The minimum Gasteiger partial charge on any atom is -0.256 e. The molecular weight excluding hydrogens is 265 g/mol. The number of aromatic nitrogens is 1. The van der Waals surface area contributed by atoms with Gasteiger partial charge in [-0.15, -0.1) is 0 Å². The molecule has 0 aliphatic carbocycles. The molecule has 0 atom stereocenters. The van der Waals surface area contributed by atoms with Gasteiger partial charge >= 0.3 is 0 Å². The second-order valence-corrected chi connectivity index (χ2v) is 6.63. The highest BCUT2D eigenvalue weighted by molar-refractivity contribution is 6.15. The quantitative estimate of drug-likeness (QED) is 0.654. The Hall–Kier alpha value is -2.35. The van der Waals surface area contributed by atoms with Crippen LogP contribution in [-0.2, 0) is 5.31 Å². The number of benzene rings is 2. The monoisotopic (exact) mass is 285 g/mol. The van der Waals surface area contributed by atoms with E-state index >= 15 is 0 Å². The highest BCUT2D eigenvalue weighted by atomic mass is 14.7. The molecule has 3 aromatic rings. The second kappa shape index (κ2) is 5.80. The molecule has 0 spiro atoms. The standard InChI is InChI=1S/C20H20BN/c1-20(2,21)18-11-8-15(9-12-18)17-10-13-19(22-14-17)16-6-4-3-5-7-16/h3-14H,21H2,1-2H3. The summed E-state index contributed by atoms with van der Waals surface area (Å²) in [6, 6.07) is 23.3. The lowest BCUT2D eigenvalue weighted by Gasteiger charge is -2.19. The van der Waals surface area contributed by atoms with Crippen molar-refractivity contribution in [2.75, 3.05) is 0 Å². The molecule has 0 N–H and O–H groups in total. The Labute approximate surface area is 133 Å². The van der Waals surface area contributed by atoms with Crippen molar-refractivity contribution in [3.8, 4) is 22.4 Å². The van der Waals surface area contributed by atoms with Crippen LogP contribution in [0, 0.1) is 0 Å². The average Bonchev–Trinajstić information content (AvgIpc) is 2.55. The first-order valence-corrected chi connectivity index (χ1v) is 7.66. The van der Waals surface area contributed by atoms with E-state index < -0.39 is 0 Å². The van der Waals surface area contributed by atoms with Crippen molar-refractivity contribution >= 4 is 7.85 Å². The molecule has 0 amide bonds. The topological polar surface area (TPSA) is 12.9 Å². The van der Waals surface area contributed by atoms with Crippen LogP contribution in [0.1, 0.15) is 19.4 Å². The van der Waals surface area contributed by atoms with E-state index in [4.69, 9.17) is 0 Å². The Morgan fingerprint density at radius 3 is 1.91 bits per heavy atom. The molecule has 0 saturated carbocycles. The van der Waals surface area contributed by atoms with Crippen LogP contribution in [0.3, 0.4) is 0 Å². The van der Waals surface area contributed by atoms with Crippen LogP contribution in [-0.4, -0.2) is 12.8 Å². The lowest BCUT2D eigenvalue weighted by atomic mass is 9.67. The van der Waals surface area contributed by atoms with Crippen molar-refractivity contribution < 1.29 is 0 Å². The van der Waals surface area contributed by atoms with Crippen LogP contribution in [0.25, 0.3) is 22.4 Å². The summed E-state index contributed by atoms with van der Waals surface area (Å²) in [5, 5.41) is 0.188. The summed E-state index contributed by atoms with van der Waals surface area (Å²) in [5.74, 6) is 0. The molecule has 2 heteroatoms. The minimum atomic E-state index is 0.188. The molecule has 0 aliphatic heterocycles. The normalized spacial score (nSPS) is 11.4. The zero-order valence-corrected chi connectivity index (χ0v) is 13.4. The maximum Gasteiger partial charge on any atom is 0.114 e. The van der Waals surface area contributed by atoms with Gasteiger partial charge in [-0.1, -0.05) is 80.1 Å². The molecule has 0 saturated heterocycles. The molecule has 0 bridgehead atoms. The predicted molar refractivity (Wildman–Crippen MR) is 96.7 cm³/mol. The van der Waals surface area contributed by atoms with Gasteiger partial charge in [-0.05, 0) is 16.9 Å². The maximum absolute atomic E-state index is 4.60. The third-order valence-electron chi connectivity index (χ3n) is 3.92. The van der Waals surface area contributed by atoms with Crippen molar-refractivity contribution in [1.29, 1.82) is 0 Å². The van der Waals surface area contributed by atoms with Gasteiger partial charge in [0.05, 0.1) is 5.69 Å². The Balaban J connectivity index is 1.87. The first-order valence-electron chi connectivity index (χ1n) is 7.66. The first kappa shape index (κ1) is 14.6. The Morgan fingerprint density at radius 2 is 1.36 bits per heavy atom. The number of nitrogens with zero attached hydrogens (tertiary/aromatic N) is 1. The molecular formula is C20H20BN. The fraction of sp³-hybridized carbons (Fsp3) is 0.150. The number of rotatable bonds is 3. The summed E-state index contributed by atoms with van der Waals surface area (Å²) in [6.45, 7) is 4.47. The fourth-order valence-corrected chi connectivity index (χ4v) is 2.51. The van der Waals surface area contributed by atoms with E-state index in [0.29, 0.717) is 0 Å². The summed E-state index contributed by atoms with van der Waals surface area (Å²) >= 11 is 0. The van der Waals surface area contributed by atoms with Crippen LogP contribution in [0.15, 0.2) is 72.9 Å². The summed E-state index contributed by atoms with van der Waals surface area (Å²) in [6.07, 6.45) is 1.95. The molecule has 22 heavy (non-hydrogen) atoms. The van der Waals surface area contributed by atoms with Gasteiger partial charge in [0, 0.05) is 17.3 Å². The van der Waals surface area contributed by atoms with Gasteiger partial charge in [0.1, 0.15) is 7.85 Å². The van der Waals surface area contributed by atoms with Crippen LogP contribution in [0.4, 0.5) is 0 Å². The zero-order valence-electron chi connectivity index (χ0n) is 13.4. The zero-order chi connectivity index (χ0) is 15.6. The number of pyridine rings is 1. The van der Waals surface area contributed by atoms with Gasteiger partial charge < -0.3 is 0 Å². The largest absolute Gasteiger partial charge is 0.256 e. The van der Waals surface area contributed by atoms with E-state index in [1.165, 1.54) is 11.1 Å². The van der Waals surface area contributed by atoms with Crippen molar-refractivity contribution in [2.45, 2.75) is 19.2 Å². The predicted octanol–water partition coefficient (Wildman–Crippen LogP) is 4.28. The van der Waals surface area contributed by atoms with Crippen molar-refractivity contribution in [3.05, 3.63) is 78.5 Å². The molecule has 2 aromatic carbocycles. The smallest absolute Gasteiger partial charge is 0.114 e.